The molecule has 234 valence electrons. The lowest BCUT2D eigenvalue weighted by Gasteiger charge is -2.37. The number of rotatable bonds is 3. The average molecular weight is 637 g/mol. The zero-order valence-corrected chi connectivity index (χ0v) is 26.9. The van der Waals surface area contributed by atoms with E-state index in [9.17, 15) is 23.7 Å². The van der Waals surface area contributed by atoms with Crippen molar-refractivity contribution in [1.29, 1.82) is 0 Å². The Morgan fingerprint density at radius 3 is 2.12 bits per heavy atom. The Morgan fingerprint density at radius 1 is 1.00 bits per heavy atom. The first-order valence-corrected chi connectivity index (χ1v) is 15.5. The number of nitrogens with one attached hydrogen (secondary N) is 1. The number of alkyl carbamates (subject to hydrolysis) is 1. The molecule has 2 heterocycles. The molecule has 0 spiro atoms. The van der Waals surface area contributed by atoms with Crippen LogP contribution in [-0.2, 0) is 15.8 Å². The molecule has 1 amide bonds. The van der Waals surface area contributed by atoms with Gasteiger partial charge in [0.25, 0.3) is 5.69 Å². The average Bonchev–Trinajstić information content (AvgIpc) is 2.89. The van der Waals surface area contributed by atoms with Gasteiger partial charge in [-0.15, -0.1) is 0 Å². The number of nitro groups is 1. The Bertz CT molecular complexity index is 1450. The Kier molecular flexibility index (Phi) is 10.4. The molecule has 2 aromatic rings. The fraction of sp³-hybridized carbons (Fsp3) is 0.483. The molecular formula is C29H38F2N6O4S2. The van der Waals surface area contributed by atoms with Gasteiger partial charge < -0.3 is 16.2 Å². The lowest BCUT2D eigenvalue weighted by Crippen LogP contribution is -2.42. The number of amidine groups is 2. The van der Waals surface area contributed by atoms with Gasteiger partial charge in [-0.3, -0.25) is 25.4 Å². The number of halogens is 2. The summed E-state index contributed by atoms with van der Waals surface area (Å²) in [4.78, 5) is 31.2. The molecular weight excluding hydrogens is 598 g/mol. The minimum atomic E-state index is -0.870. The van der Waals surface area contributed by atoms with Crippen LogP contribution in [0.15, 0.2) is 46.4 Å². The number of hydrogen-bond acceptors (Lipinski definition) is 10. The summed E-state index contributed by atoms with van der Waals surface area (Å²) in [6.07, 6.45) is -0.571. The largest absolute Gasteiger partial charge is 0.444 e. The molecule has 0 aliphatic carbocycles. The lowest BCUT2D eigenvalue weighted by molar-refractivity contribution is -0.385. The lowest BCUT2D eigenvalue weighted by atomic mass is 9.81. The third kappa shape index (κ3) is 8.17. The molecule has 5 N–H and O–H groups in total. The summed E-state index contributed by atoms with van der Waals surface area (Å²) < 4.78 is 33.6. The van der Waals surface area contributed by atoms with Gasteiger partial charge in [0.2, 0.25) is 0 Å². The first-order chi connectivity index (χ1) is 19.9. The predicted molar refractivity (Wildman–Crippen MR) is 170 cm³/mol. The molecule has 2 aromatic carbocycles. The monoisotopic (exact) mass is 636 g/mol. The predicted octanol–water partition coefficient (Wildman–Crippen LogP) is 6.53. The first kappa shape index (κ1) is 34.1. The smallest absolute Gasteiger partial charge is 0.413 e. The molecule has 0 radical (unpaired) electrons. The van der Waals surface area contributed by atoms with Crippen molar-refractivity contribution in [2.75, 3.05) is 17.2 Å². The summed E-state index contributed by atoms with van der Waals surface area (Å²) >= 11 is 2.83. The van der Waals surface area contributed by atoms with Crippen LogP contribution in [0.25, 0.3) is 0 Å². The Labute approximate surface area is 258 Å². The molecule has 2 unspecified atom stereocenters. The fourth-order valence-corrected chi connectivity index (χ4v) is 6.66. The Morgan fingerprint density at radius 2 is 1.53 bits per heavy atom. The van der Waals surface area contributed by atoms with Crippen LogP contribution in [0, 0.1) is 33.6 Å². The third-order valence-electron chi connectivity index (χ3n) is 7.40. The van der Waals surface area contributed by atoms with E-state index in [2.05, 4.69) is 15.3 Å². The number of nitrogens with two attached hydrogens (primary N) is 2. The van der Waals surface area contributed by atoms with Crippen LogP contribution in [0.3, 0.4) is 0 Å². The Balaban J connectivity index is 0.000000242. The second-order valence-electron chi connectivity index (χ2n) is 11.9. The first-order valence-electron chi connectivity index (χ1n) is 13.6. The van der Waals surface area contributed by atoms with E-state index in [4.69, 9.17) is 16.2 Å². The SMILES string of the molecule is CC1CSC(N)=N[C@]1(C)c1cc([N+](=O)[O-])ccc1F.CC1CSC(NC(=O)OC(C)(C)C)=N[C@]1(C)c1cc(N)ccc1F. The van der Waals surface area contributed by atoms with Gasteiger partial charge >= 0.3 is 6.09 Å². The van der Waals surface area contributed by atoms with Crippen LogP contribution in [0.1, 0.15) is 59.6 Å². The van der Waals surface area contributed by atoms with Crippen molar-refractivity contribution in [1.82, 2.24) is 5.32 Å². The summed E-state index contributed by atoms with van der Waals surface area (Å²) in [5.74, 6) is 0.645. The summed E-state index contributed by atoms with van der Waals surface area (Å²) in [5.41, 5.74) is 10.2. The van der Waals surface area contributed by atoms with Crippen molar-refractivity contribution in [2.24, 2.45) is 27.6 Å². The quantitative estimate of drug-likeness (QED) is 0.195. The normalized spacial score (nSPS) is 25.4. The maximum atomic E-state index is 14.3. The molecule has 0 fully saturated rings. The zero-order chi connectivity index (χ0) is 32.3. The molecule has 2 aliphatic rings. The van der Waals surface area contributed by atoms with E-state index < -0.39 is 33.5 Å². The van der Waals surface area contributed by atoms with E-state index in [1.165, 1.54) is 41.7 Å². The minimum Gasteiger partial charge on any atom is -0.444 e. The van der Waals surface area contributed by atoms with Gasteiger partial charge in [0.05, 0.1) is 16.0 Å². The molecule has 43 heavy (non-hydrogen) atoms. The maximum Gasteiger partial charge on any atom is 0.413 e. The fourth-order valence-electron chi connectivity index (χ4n) is 4.52. The van der Waals surface area contributed by atoms with Crippen molar-refractivity contribution in [3.05, 3.63) is 69.3 Å². The van der Waals surface area contributed by atoms with E-state index >= 15 is 0 Å². The van der Waals surface area contributed by atoms with E-state index in [0.717, 1.165) is 12.1 Å². The third-order valence-corrected chi connectivity index (χ3v) is 9.58. The van der Waals surface area contributed by atoms with Gasteiger partial charge in [0.15, 0.2) is 10.3 Å². The van der Waals surface area contributed by atoms with E-state index in [1.807, 2.05) is 20.8 Å². The summed E-state index contributed by atoms with van der Waals surface area (Å²) in [6.45, 7) is 12.9. The summed E-state index contributed by atoms with van der Waals surface area (Å²) in [6, 6.07) is 7.99. The number of ether oxygens (including phenoxy) is 1. The number of hydrogen-bond donors (Lipinski definition) is 3. The van der Waals surface area contributed by atoms with Crippen LogP contribution >= 0.6 is 23.5 Å². The van der Waals surface area contributed by atoms with Gasteiger partial charge in [-0.1, -0.05) is 37.4 Å². The van der Waals surface area contributed by atoms with Crippen LogP contribution in [0.2, 0.25) is 0 Å². The van der Waals surface area contributed by atoms with Gasteiger partial charge in [0.1, 0.15) is 17.2 Å². The zero-order valence-electron chi connectivity index (χ0n) is 25.2. The van der Waals surface area contributed by atoms with Gasteiger partial charge in [0, 0.05) is 40.5 Å². The number of anilines is 1. The highest BCUT2D eigenvalue weighted by Crippen LogP contribution is 2.42. The number of benzene rings is 2. The minimum absolute atomic E-state index is 0.0290. The van der Waals surface area contributed by atoms with Crippen molar-refractivity contribution >= 4 is 51.3 Å². The van der Waals surface area contributed by atoms with E-state index in [-0.39, 0.29) is 28.9 Å². The van der Waals surface area contributed by atoms with Crippen molar-refractivity contribution in [3.8, 4) is 0 Å². The van der Waals surface area contributed by atoms with E-state index in [0.29, 0.717) is 33.1 Å². The second-order valence-corrected chi connectivity index (χ2v) is 13.9. The number of thioether (sulfide) groups is 2. The highest BCUT2D eigenvalue weighted by Gasteiger charge is 2.40. The van der Waals surface area contributed by atoms with Crippen LogP contribution < -0.4 is 16.8 Å². The van der Waals surface area contributed by atoms with Gasteiger partial charge in [-0.2, -0.15) is 0 Å². The molecule has 0 aromatic heterocycles. The molecule has 2 aliphatic heterocycles. The van der Waals surface area contributed by atoms with Gasteiger partial charge in [-0.25, -0.2) is 13.6 Å². The molecule has 0 saturated heterocycles. The number of carbonyl (C=O) groups excluding carboxylic acids is 1. The number of non-ortho nitro benzene ring substituents is 1. The van der Waals surface area contributed by atoms with E-state index in [1.54, 1.807) is 33.8 Å². The number of amides is 1. The summed E-state index contributed by atoms with van der Waals surface area (Å²) in [7, 11) is 0. The highest BCUT2D eigenvalue weighted by molar-refractivity contribution is 8.14. The van der Waals surface area contributed by atoms with Crippen LogP contribution in [-0.4, -0.2) is 38.5 Å². The van der Waals surface area contributed by atoms with Crippen LogP contribution in [0.4, 0.5) is 25.0 Å². The van der Waals surface area contributed by atoms with Crippen molar-refractivity contribution in [2.45, 2.75) is 65.1 Å². The Hall–Kier alpha value is -3.39. The molecule has 0 saturated carbocycles. The molecule has 14 heteroatoms. The second kappa shape index (κ2) is 13.1. The van der Waals surface area contributed by atoms with Crippen molar-refractivity contribution in [3.63, 3.8) is 0 Å². The molecule has 0 bridgehead atoms. The van der Waals surface area contributed by atoms with Gasteiger partial charge in [-0.05, 0) is 70.7 Å². The summed E-state index contributed by atoms with van der Waals surface area (Å²) in [5, 5.41) is 14.3. The number of carbonyl (C=O) groups is 1. The number of nitrogen functional groups attached to an aromatic ring is 1. The number of nitro benzene ring substituents is 1. The molecule has 4 atom stereocenters. The molecule has 10 nitrogen and oxygen atoms in total. The standard InChI is InChI=1S/C17H24FN3O2S.C12H14FN3O2S/c1-10-9-24-14(20-15(22)23-16(2,3)4)21-17(10,5)12-8-11(19)6-7-13(12)18;1-7-6-19-11(14)15-12(7,2)9-5-8(16(17)18)3-4-10(9)13/h6-8,10H,9,19H2,1-5H3,(H,20,21,22);3-5,7H,6H2,1-2H3,(H2,14,15)/t10?,17-;7?,12-/m00/s1. The number of nitrogens with zero attached hydrogens (tertiary/aromatic N) is 3. The topological polar surface area (TPSA) is 158 Å². The van der Waals surface area contributed by atoms with Crippen molar-refractivity contribution < 1.29 is 23.2 Å². The van der Waals surface area contributed by atoms with Crippen LogP contribution in [0.5, 0.6) is 0 Å². The molecule has 4 rings (SSSR count). The maximum absolute atomic E-state index is 14.3. The highest BCUT2D eigenvalue weighted by atomic mass is 32.2. The number of aliphatic imine (C=N–C) groups is 2.